The molecule has 0 spiro atoms. The van der Waals surface area contributed by atoms with Gasteiger partial charge in [0.15, 0.2) is 5.79 Å². The monoisotopic (exact) mass is 167 g/mol. The molecule has 0 aromatic carbocycles. The molecule has 3 nitrogen and oxygen atoms in total. The van der Waals surface area contributed by atoms with Crippen molar-refractivity contribution in [2.24, 2.45) is 0 Å². The van der Waals surface area contributed by atoms with E-state index in [1.54, 1.807) is 18.3 Å². The molecule has 0 saturated carbocycles. The van der Waals surface area contributed by atoms with Crippen LogP contribution in [0.15, 0.2) is 24.5 Å². The lowest BCUT2D eigenvalue weighted by Crippen LogP contribution is -2.24. The Balaban J connectivity index is 2.82. The second-order valence-electron chi connectivity index (χ2n) is 2.81. The van der Waals surface area contributed by atoms with Crippen LogP contribution in [0.5, 0.6) is 0 Å². The molecule has 66 valence electrons. The highest BCUT2D eigenvalue weighted by Gasteiger charge is 2.23. The van der Waals surface area contributed by atoms with Gasteiger partial charge >= 0.3 is 0 Å². The Morgan fingerprint density at radius 3 is 2.75 bits per heavy atom. The molecule has 0 aliphatic carbocycles. The van der Waals surface area contributed by atoms with Gasteiger partial charge in [-0.25, -0.2) is 0 Å². The van der Waals surface area contributed by atoms with Crippen molar-refractivity contribution < 1.29 is 10.2 Å². The predicted octanol–water partition coefficient (Wildman–Crippen LogP) is 1.02. The van der Waals surface area contributed by atoms with Gasteiger partial charge in [0, 0.05) is 24.4 Å². The largest absolute Gasteiger partial charge is 0.362 e. The first-order chi connectivity index (χ1) is 5.67. The van der Waals surface area contributed by atoms with Crippen molar-refractivity contribution >= 4 is 0 Å². The second-order valence-corrected chi connectivity index (χ2v) is 2.81. The molecule has 0 bridgehead atoms. The lowest BCUT2D eigenvalue weighted by atomic mass is 10.0. The molecule has 0 radical (unpaired) electrons. The minimum atomic E-state index is -1.72. The standard InChI is InChI=1S/C9H13NO2/c1-2-5-9(11,12)8-4-3-6-10-7-8/h3-4,6-7,11-12H,2,5H2,1H3. The number of pyridine rings is 1. The Morgan fingerprint density at radius 1 is 1.50 bits per heavy atom. The molecular weight excluding hydrogens is 154 g/mol. The number of hydrogen-bond acceptors (Lipinski definition) is 3. The molecule has 0 amide bonds. The summed E-state index contributed by atoms with van der Waals surface area (Å²) < 4.78 is 0. The average molecular weight is 167 g/mol. The molecule has 12 heavy (non-hydrogen) atoms. The van der Waals surface area contributed by atoms with Gasteiger partial charge in [-0.05, 0) is 6.07 Å². The zero-order chi connectivity index (χ0) is 9.03. The molecule has 0 unspecified atom stereocenters. The highest BCUT2D eigenvalue weighted by Crippen LogP contribution is 2.21. The van der Waals surface area contributed by atoms with Gasteiger partial charge in [-0.1, -0.05) is 19.4 Å². The summed E-state index contributed by atoms with van der Waals surface area (Å²) in [6.45, 7) is 1.90. The Hall–Kier alpha value is -0.930. The van der Waals surface area contributed by atoms with Crippen molar-refractivity contribution in [3.8, 4) is 0 Å². The van der Waals surface area contributed by atoms with Crippen molar-refractivity contribution in [2.75, 3.05) is 0 Å². The maximum atomic E-state index is 9.50. The second kappa shape index (κ2) is 3.65. The van der Waals surface area contributed by atoms with E-state index in [4.69, 9.17) is 0 Å². The van der Waals surface area contributed by atoms with Crippen molar-refractivity contribution in [1.29, 1.82) is 0 Å². The van der Waals surface area contributed by atoms with E-state index in [1.165, 1.54) is 6.20 Å². The summed E-state index contributed by atoms with van der Waals surface area (Å²) in [6, 6.07) is 3.34. The summed E-state index contributed by atoms with van der Waals surface area (Å²) >= 11 is 0. The van der Waals surface area contributed by atoms with Crippen molar-refractivity contribution in [3.05, 3.63) is 30.1 Å². The molecule has 0 fully saturated rings. The summed E-state index contributed by atoms with van der Waals surface area (Å²) in [5, 5.41) is 19.0. The molecule has 0 aliphatic rings. The maximum absolute atomic E-state index is 9.50. The quantitative estimate of drug-likeness (QED) is 0.661. The molecule has 1 rings (SSSR count). The Labute approximate surface area is 71.7 Å². The minimum absolute atomic E-state index is 0.332. The highest BCUT2D eigenvalue weighted by atomic mass is 16.5. The zero-order valence-electron chi connectivity index (χ0n) is 7.07. The van der Waals surface area contributed by atoms with Crippen molar-refractivity contribution in [3.63, 3.8) is 0 Å². The Kier molecular flexibility index (Phi) is 2.78. The van der Waals surface area contributed by atoms with E-state index in [0.717, 1.165) is 6.42 Å². The first-order valence-electron chi connectivity index (χ1n) is 4.02. The van der Waals surface area contributed by atoms with Crippen LogP contribution in [0.3, 0.4) is 0 Å². The summed E-state index contributed by atoms with van der Waals surface area (Å²) in [7, 11) is 0. The van der Waals surface area contributed by atoms with Crippen molar-refractivity contribution in [1.82, 2.24) is 4.98 Å². The third-order valence-corrected chi connectivity index (χ3v) is 1.72. The third-order valence-electron chi connectivity index (χ3n) is 1.72. The van der Waals surface area contributed by atoms with Gasteiger partial charge in [-0.15, -0.1) is 0 Å². The predicted molar refractivity (Wildman–Crippen MR) is 45.3 cm³/mol. The fourth-order valence-corrected chi connectivity index (χ4v) is 1.09. The molecule has 1 heterocycles. The molecule has 0 saturated heterocycles. The topological polar surface area (TPSA) is 53.4 Å². The molecule has 3 heteroatoms. The first kappa shape index (κ1) is 9.16. The van der Waals surface area contributed by atoms with E-state index >= 15 is 0 Å². The molecule has 2 N–H and O–H groups in total. The number of nitrogens with zero attached hydrogens (tertiary/aromatic N) is 1. The summed E-state index contributed by atoms with van der Waals surface area (Å²) in [5.74, 6) is -1.72. The van der Waals surface area contributed by atoms with Gasteiger partial charge in [-0.2, -0.15) is 0 Å². The number of rotatable bonds is 3. The summed E-state index contributed by atoms with van der Waals surface area (Å²) in [6.07, 6.45) is 4.13. The molecular formula is C9H13NO2. The van der Waals surface area contributed by atoms with E-state index in [1.807, 2.05) is 6.92 Å². The van der Waals surface area contributed by atoms with Gasteiger partial charge in [-0.3, -0.25) is 4.98 Å². The van der Waals surface area contributed by atoms with Crippen LogP contribution < -0.4 is 0 Å². The van der Waals surface area contributed by atoms with Gasteiger partial charge < -0.3 is 10.2 Å². The number of aromatic nitrogens is 1. The van der Waals surface area contributed by atoms with Gasteiger partial charge in [0.05, 0.1) is 0 Å². The van der Waals surface area contributed by atoms with E-state index in [9.17, 15) is 10.2 Å². The highest BCUT2D eigenvalue weighted by molar-refractivity contribution is 5.14. The number of hydrogen-bond donors (Lipinski definition) is 2. The van der Waals surface area contributed by atoms with Crippen LogP contribution in [0.1, 0.15) is 25.3 Å². The number of aliphatic hydroxyl groups is 2. The maximum Gasteiger partial charge on any atom is 0.191 e. The first-order valence-corrected chi connectivity index (χ1v) is 4.02. The van der Waals surface area contributed by atoms with Crippen LogP contribution in [0.2, 0.25) is 0 Å². The van der Waals surface area contributed by atoms with Crippen LogP contribution in [-0.4, -0.2) is 15.2 Å². The van der Waals surface area contributed by atoms with E-state index in [-0.39, 0.29) is 0 Å². The molecule has 0 aliphatic heterocycles. The third kappa shape index (κ3) is 2.03. The van der Waals surface area contributed by atoms with Gasteiger partial charge in [0.25, 0.3) is 0 Å². The van der Waals surface area contributed by atoms with Crippen molar-refractivity contribution in [2.45, 2.75) is 25.6 Å². The average Bonchev–Trinajstić information content (AvgIpc) is 2.06. The lowest BCUT2D eigenvalue weighted by molar-refractivity contribution is -0.174. The zero-order valence-corrected chi connectivity index (χ0v) is 7.07. The lowest BCUT2D eigenvalue weighted by Gasteiger charge is -2.20. The Bertz CT molecular complexity index is 234. The fourth-order valence-electron chi connectivity index (χ4n) is 1.09. The molecule has 1 aromatic rings. The molecule has 0 atom stereocenters. The van der Waals surface area contributed by atoms with Crippen LogP contribution in [0.25, 0.3) is 0 Å². The SMILES string of the molecule is CCCC(O)(O)c1cccnc1. The Morgan fingerprint density at radius 2 is 2.25 bits per heavy atom. The summed E-state index contributed by atoms with van der Waals surface area (Å²) in [5.41, 5.74) is 0.451. The van der Waals surface area contributed by atoms with Crippen LogP contribution in [0.4, 0.5) is 0 Å². The smallest absolute Gasteiger partial charge is 0.191 e. The molecule has 1 aromatic heterocycles. The van der Waals surface area contributed by atoms with Gasteiger partial charge in [0.2, 0.25) is 0 Å². The summed E-state index contributed by atoms with van der Waals surface area (Å²) in [4.78, 5) is 3.81. The minimum Gasteiger partial charge on any atom is -0.362 e. The van der Waals surface area contributed by atoms with Crippen LogP contribution >= 0.6 is 0 Å². The van der Waals surface area contributed by atoms with E-state index in [2.05, 4.69) is 4.98 Å². The fraction of sp³-hybridized carbons (Fsp3) is 0.444. The van der Waals surface area contributed by atoms with Crippen LogP contribution in [0, 0.1) is 0 Å². The van der Waals surface area contributed by atoms with Crippen LogP contribution in [-0.2, 0) is 5.79 Å². The normalized spacial score (nSPS) is 11.6. The van der Waals surface area contributed by atoms with Gasteiger partial charge in [0.1, 0.15) is 0 Å². The van der Waals surface area contributed by atoms with E-state index in [0.29, 0.717) is 12.0 Å². The van der Waals surface area contributed by atoms with E-state index < -0.39 is 5.79 Å².